The number of fused-ring (bicyclic) bond motifs is 2. The number of benzene rings is 3. The van der Waals surface area contributed by atoms with Gasteiger partial charge in [0.05, 0.1) is 13.2 Å². The quantitative estimate of drug-likeness (QED) is 0.0913. The highest BCUT2D eigenvalue weighted by molar-refractivity contribution is 6.11. The maximum Gasteiger partial charge on any atom is 0.303 e. The van der Waals surface area contributed by atoms with Gasteiger partial charge in [0.2, 0.25) is 0 Å². The van der Waals surface area contributed by atoms with Crippen LogP contribution < -0.4 is 9.47 Å². The van der Waals surface area contributed by atoms with E-state index >= 15 is 0 Å². The third kappa shape index (κ3) is 9.88. The molecule has 0 spiro atoms. The first-order chi connectivity index (χ1) is 20.2. The highest BCUT2D eigenvalue weighted by Gasteiger charge is 2.22. The molecule has 8 heteroatoms. The van der Waals surface area contributed by atoms with Crippen LogP contribution in [0.15, 0.2) is 36.4 Å². The summed E-state index contributed by atoms with van der Waals surface area (Å²) in [5.74, 6) is 0.602. The van der Waals surface area contributed by atoms with Gasteiger partial charge in [-0.05, 0) is 38.8 Å². The SMILES string of the molecule is CCCCOCC(COc1c2ccc(C)cc2c(OCC(COCCCC)OC(C)=O)c2ccc(C)cc12)OC(C)=O. The largest absolute Gasteiger partial charge is 0.488 e. The molecule has 0 saturated carbocycles. The van der Waals surface area contributed by atoms with Crippen LogP contribution in [-0.4, -0.2) is 63.8 Å². The molecule has 0 aromatic heterocycles. The van der Waals surface area contributed by atoms with Gasteiger partial charge in [0.25, 0.3) is 0 Å². The Kier molecular flexibility index (Phi) is 13.4. The zero-order valence-electron chi connectivity index (χ0n) is 26.0. The Morgan fingerprint density at radius 3 is 1.38 bits per heavy atom. The second kappa shape index (κ2) is 16.9. The van der Waals surface area contributed by atoms with Gasteiger partial charge >= 0.3 is 11.9 Å². The number of carbonyl (C=O) groups excluding carboxylic acids is 2. The standard InChI is InChI=1S/C34H46O8/c1-7-9-15-37-19-27(41-25(5)35)21-39-33-29-13-11-24(4)18-32(29)34(30-14-12-23(3)17-31(30)33)40-22-28(42-26(6)36)20-38-16-10-8-2/h11-14,17-18,27-28H,7-10,15-16,19-22H2,1-6H3. The van der Waals surface area contributed by atoms with Crippen LogP contribution in [0.3, 0.4) is 0 Å². The van der Waals surface area contributed by atoms with Gasteiger partial charge in [0.15, 0.2) is 12.2 Å². The number of rotatable bonds is 18. The maximum atomic E-state index is 11.8. The van der Waals surface area contributed by atoms with Gasteiger partial charge in [-0.3, -0.25) is 9.59 Å². The summed E-state index contributed by atoms with van der Waals surface area (Å²) < 4.78 is 35.5. The molecule has 0 heterocycles. The molecule has 8 nitrogen and oxygen atoms in total. The Balaban J connectivity index is 1.98. The second-order valence-corrected chi connectivity index (χ2v) is 10.7. The lowest BCUT2D eigenvalue weighted by molar-refractivity contribution is -0.152. The summed E-state index contributed by atoms with van der Waals surface area (Å²) >= 11 is 0. The van der Waals surface area contributed by atoms with E-state index in [1.165, 1.54) is 13.8 Å². The third-order valence-electron chi connectivity index (χ3n) is 6.71. The Morgan fingerprint density at radius 1 is 0.619 bits per heavy atom. The van der Waals surface area contributed by atoms with E-state index in [9.17, 15) is 9.59 Å². The fourth-order valence-electron chi connectivity index (χ4n) is 4.67. The molecule has 3 aromatic carbocycles. The molecule has 0 saturated heterocycles. The van der Waals surface area contributed by atoms with Crippen molar-refractivity contribution in [3.05, 3.63) is 47.5 Å². The van der Waals surface area contributed by atoms with Crippen molar-refractivity contribution in [1.82, 2.24) is 0 Å². The summed E-state index contributed by atoms with van der Waals surface area (Å²) in [6.45, 7) is 13.0. The van der Waals surface area contributed by atoms with E-state index in [0.29, 0.717) is 24.7 Å². The summed E-state index contributed by atoms with van der Waals surface area (Å²) in [4.78, 5) is 23.6. The first-order valence-electron chi connectivity index (χ1n) is 15.0. The average Bonchev–Trinajstić information content (AvgIpc) is 2.94. The van der Waals surface area contributed by atoms with Gasteiger partial charge in [-0.2, -0.15) is 0 Å². The fraction of sp³-hybridized carbons (Fsp3) is 0.529. The van der Waals surface area contributed by atoms with Gasteiger partial charge < -0.3 is 28.4 Å². The lowest BCUT2D eigenvalue weighted by Crippen LogP contribution is -2.29. The van der Waals surface area contributed by atoms with E-state index in [0.717, 1.165) is 58.4 Å². The van der Waals surface area contributed by atoms with Crippen molar-refractivity contribution in [3.63, 3.8) is 0 Å². The molecule has 0 aliphatic heterocycles. The molecular formula is C34H46O8. The van der Waals surface area contributed by atoms with Crippen LogP contribution in [0.1, 0.15) is 64.5 Å². The number of hydrogen-bond donors (Lipinski definition) is 0. The zero-order valence-corrected chi connectivity index (χ0v) is 26.0. The minimum atomic E-state index is -0.548. The molecule has 3 aromatic rings. The monoisotopic (exact) mass is 582 g/mol. The van der Waals surface area contributed by atoms with Crippen molar-refractivity contribution in [1.29, 1.82) is 0 Å². The van der Waals surface area contributed by atoms with E-state index in [1.54, 1.807) is 0 Å². The van der Waals surface area contributed by atoms with Crippen molar-refractivity contribution in [2.45, 2.75) is 79.4 Å². The molecule has 0 aliphatic carbocycles. The molecule has 0 fully saturated rings. The molecular weight excluding hydrogens is 536 g/mol. The van der Waals surface area contributed by atoms with E-state index < -0.39 is 12.2 Å². The van der Waals surface area contributed by atoms with Crippen LogP contribution in [0, 0.1) is 13.8 Å². The van der Waals surface area contributed by atoms with Crippen molar-refractivity contribution in [2.75, 3.05) is 39.6 Å². The molecule has 0 aliphatic rings. The summed E-state index contributed by atoms with van der Waals surface area (Å²) in [5.41, 5.74) is 2.12. The molecule has 0 bridgehead atoms. The zero-order chi connectivity index (χ0) is 30.5. The minimum Gasteiger partial charge on any atom is -0.488 e. The van der Waals surface area contributed by atoms with Crippen LogP contribution in [-0.2, 0) is 28.5 Å². The third-order valence-corrected chi connectivity index (χ3v) is 6.71. The van der Waals surface area contributed by atoms with Crippen LogP contribution in [0.5, 0.6) is 11.5 Å². The fourth-order valence-corrected chi connectivity index (χ4v) is 4.67. The summed E-state index contributed by atoms with van der Waals surface area (Å²) in [5, 5.41) is 3.48. The summed E-state index contributed by atoms with van der Waals surface area (Å²) in [7, 11) is 0. The smallest absolute Gasteiger partial charge is 0.303 e. The van der Waals surface area contributed by atoms with Gasteiger partial charge in [-0.15, -0.1) is 0 Å². The molecule has 42 heavy (non-hydrogen) atoms. The highest BCUT2D eigenvalue weighted by Crippen LogP contribution is 2.43. The Bertz CT molecular complexity index is 1220. The number of ether oxygens (including phenoxy) is 6. The Morgan fingerprint density at radius 2 is 1.02 bits per heavy atom. The van der Waals surface area contributed by atoms with Crippen LogP contribution in [0.4, 0.5) is 0 Å². The minimum absolute atomic E-state index is 0.140. The number of hydrogen-bond acceptors (Lipinski definition) is 8. The molecule has 2 unspecified atom stereocenters. The van der Waals surface area contributed by atoms with E-state index in [4.69, 9.17) is 28.4 Å². The molecule has 0 N–H and O–H groups in total. The van der Waals surface area contributed by atoms with E-state index in [1.807, 2.05) is 38.1 Å². The topological polar surface area (TPSA) is 89.5 Å². The predicted molar refractivity (Wildman–Crippen MR) is 164 cm³/mol. The molecule has 0 radical (unpaired) electrons. The Labute approximate surface area is 249 Å². The van der Waals surface area contributed by atoms with E-state index in [2.05, 4.69) is 26.0 Å². The van der Waals surface area contributed by atoms with E-state index in [-0.39, 0.29) is 38.4 Å². The maximum absolute atomic E-state index is 11.8. The van der Waals surface area contributed by atoms with Crippen molar-refractivity contribution in [3.8, 4) is 11.5 Å². The summed E-state index contributed by atoms with van der Waals surface area (Å²) in [6, 6.07) is 12.2. The number of carbonyl (C=O) groups is 2. The number of unbranched alkanes of at least 4 members (excludes halogenated alkanes) is 2. The second-order valence-electron chi connectivity index (χ2n) is 10.7. The first kappa shape index (κ1) is 33.1. The van der Waals surface area contributed by atoms with Crippen molar-refractivity contribution < 1.29 is 38.0 Å². The Hall–Kier alpha value is -3.36. The van der Waals surface area contributed by atoms with Gasteiger partial charge in [0, 0.05) is 48.6 Å². The van der Waals surface area contributed by atoms with Crippen LogP contribution in [0.25, 0.3) is 21.5 Å². The van der Waals surface area contributed by atoms with Gasteiger partial charge in [-0.25, -0.2) is 0 Å². The normalized spacial score (nSPS) is 12.7. The highest BCUT2D eigenvalue weighted by atomic mass is 16.6. The van der Waals surface area contributed by atoms with Crippen molar-refractivity contribution in [2.24, 2.45) is 0 Å². The molecule has 230 valence electrons. The summed E-state index contributed by atoms with van der Waals surface area (Å²) in [6.07, 6.45) is 2.82. The lowest BCUT2D eigenvalue weighted by Gasteiger charge is -2.23. The predicted octanol–water partition coefficient (Wildman–Crippen LogP) is 6.86. The molecule has 2 atom stereocenters. The molecule has 0 amide bonds. The molecule has 3 rings (SSSR count). The number of aryl methyl sites for hydroxylation is 2. The van der Waals surface area contributed by atoms with Gasteiger partial charge in [0.1, 0.15) is 24.7 Å². The van der Waals surface area contributed by atoms with Crippen LogP contribution in [0.2, 0.25) is 0 Å². The average molecular weight is 583 g/mol. The number of esters is 2. The lowest BCUT2D eigenvalue weighted by atomic mass is 9.97. The van der Waals surface area contributed by atoms with Gasteiger partial charge in [-0.1, -0.05) is 62.1 Å². The van der Waals surface area contributed by atoms with Crippen LogP contribution >= 0.6 is 0 Å². The van der Waals surface area contributed by atoms with Crippen molar-refractivity contribution >= 4 is 33.5 Å². The first-order valence-corrected chi connectivity index (χ1v) is 15.0.